The molecule has 0 fully saturated rings. The van der Waals surface area contributed by atoms with Crippen LogP contribution in [0.1, 0.15) is 50.7 Å². The van der Waals surface area contributed by atoms with Gasteiger partial charge in [-0.1, -0.05) is 38.1 Å². The van der Waals surface area contributed by atoms with Crippen LogP contribution in [0.4, 0.5) is 0 Å². The van der Waals surface area contributed by atoms with Crippen molar-refractivity contribution in [3.63, 3.8) is 0 Å². The van der Waals surface area contributed by atoms with Crippen LogP contribution in [-0.2, 0) is 14.3 Å². The Hall–Kier alpha value is -1.35. The van der Waals surface area contributed by atoms with E-state index in [4.69, 9.17) is 4.74 Å². The van der Waals surface area contributed by atoms with Crippen molar-refractivity contribution >= 4 is 24.2 Å². The number of carbonyl (C=O) groups is 2. The number of benzene rings is 1. The highest BCUT2D eigenvalue weighted by atomic mass is 35.5. The fraction of sp³-hybridized carbons (Fsp3) is 0.467. The molecule has 0 saturated heterocycles. The molecule has 0 N–H and O–H groups in total. The first kappa shape index (κ1) is 17.6. The van der Waals surface area contributed by atoms with Gasteiger partial charge in [-0.3, -0.25) is 9.59 Å². The Labute approximate surface area is 120 Å². The normalized spacial score (nSPS) is 11.6. The number of carbonyl (C=O) groups excluding carboxylic acids is 2. The highest BCUT2D eigenvalue weighted by Crippen LogP contribution is 2.22. The van der Waals surface area contributed by atoms with Gasteiger partial charge >= 0.3 is 5.97 Å². The summed E-state index contributed by atoms with van der Waals surface area (Å²) in [6.45, 7) is 7.63. The van der Waals surface area contributed by atoms with Crippen molar-refractivity contribution in [3.8, 4) is 0 Å². The van der Waals surface area contributed by atoms with Crippen molar-refractivity contribution in [1.82, 2.24) is 0 Å². The smallest absolute Gasteiger partial charge is 0.320 e. The first-order valence-corrected chi connectivity index (χ1v) is 6.24. The fourth-order valence-corrected chi connectivity index (χ4v) is 1.84. The number of ketones is 1. The van der Waals surface area contributed by atoms with E-state index in [1.165, 1.54) is 12.5 Å². The van der Waals surface area contributed by atoms with Crippen LogP contribution in [-0.4, -0.2) is 18.4 Å². The van der Waals surface area contributed by atoms with E-state index in [9.17, 15) is 9.59 Å². The van der Waals surface area contributed by atoms with Crippen molar-refractivity contribution in [3.05, 3.63) is 35.4 Å². The molecular formula is C15H21ClO3. The minimum atomic E-state index is -0.800. The first-order chi connectivity index (χ1) is 8.47. The number of hydrogen-bond donors (Lipinski definition) is 0. The van der Waals surface area contributed by atoms with Gasteiger partial charge in [0.15, 0.2) is 0 Å². The maximum absolute atomic E-state index is 11.8. The second-order valence-corrected chi connectivity index (χ2v) is 4.62. The summed E-state index contributed by atoms with van der Waals surface area (Å²) in [6.07, 6.45) is 0. The number of rotatable bonds is 5. The molecule has 0 radical (unpaired) electrons. The molecule has 1 rings (SSSR count). The van der Waals surface area contributed by atoms with Gasteiger partial charge in [0, 0.05) is 0 Å². The lowest BCUT2D eigenvalue weighted by atomic mass is 9.93. The molecule has 1 atom stereocenters. The van der Waals surface area contributed by atoms with Gasteiger partial charge in [-0.25, -0.2) is 0 Å². The zero-order chi connectivity index (χ0) is 13.7. The summed E-state index contributed by atoms with van der Waals surface area (Å²) in [6, 6.07) is 7.57. The van der Waals surface area contributed by atoms with Crippen LogP contribution in [0.2, 0.25) is 0 Å². The predicted octanol–water partition coefficient (Wildman–Crippen LogP) is 3.47. The van der Waals surface area contributed by atoms with Crippen LogP contribution in [0.3, 0.4) is 0 Å². The molecule has 1 unspecified atom stereocenters. The van der Waals surface area contributed by atoms with Crippen molar-refractivity contribution in [2.24, 2.45) is 0 Å². The van der Waals surface area contributed by atoms with E-state index in [0.717, 1.165) is 0 Å². The Bertz CT molecular complexity index is 424. The number of halogens is 1. The molecule has 0 aliphatic carbocycles. The molecule has 0 bridgehead atoms. The lowest BCUT2D eigenvalue weighted by molar-refractivity contribution is -0.147. The fourth-order valence-electron chi connectivity index (χ4n) is 1.84. The minimum Gasteiger partial charge on any atom is -0.465 e. The highest BCUT2D eigenvalue weighted by molar-refractivity contribution is 6.03. The lowest BCUT2D eigenvalue weighted by Crippen LogP contribution is -2.22. The Balaban J connectivity index is 0.00000324. The van der Waals surface area contributed by atoms with Crippen molar-refractivity contribution in [1.29, 1.82) is 0 Å². The van der Waals surface area contributed by atoms with Crippen LogP contribution in [0, 0.1) is 0 Å². The first-order valence-electron chi connectivity index (χ1n) is 6.24. The maximum Gasteiger partial charge on any atom is 0.320 e. The average Bonchev–Trinajstić information content (AvgIpc) is 2.29. The minimum absolute atomic E-state index is 0. The molecule has 0 amide bonds. The molecule has 0 aromatic heterocycles. The Morgan fingerprint density at radius 3 is 1.95 bits per heavy atom. The number of Topliss-reactive ketones (excluding diaryl/α,β-unsaturated/α-hetero) is 1. The second-order valence-electron chi connectivity index (χ2n) is 4.62. The van der Waals surface area contributed by atoms with Gasteiger partial charge < -0.3 is 4.74 Å². The van der Waals surface area contributed by atoms with Crippen LogP contribution < -0.4 is 0 Å². The summed E-state index contributed by atoms with van der Waals surface area (Å²) in [5.41, 5.74) is 1.88. The van der Waals surface area contributed by atoms with E-state index in [-0.39, 0.29) is 24.8 Å². The van der Waals surface area contributed by atoms with Gasteiger partial charge in [0.25, 0.3) is 0 Å². The van der Waals surface area contributed by atoms with Gasteiger partial charge in [-0.15, -0.1) is 12.4 Å². The molecule has 1 aromatic carbocycles. The van der Waals surface area contributed by atoms with Gasteiger partial charge in [0.2, 0.25) is 0 Å². The largest absolute Gasteiger partial charge is 0.465 e. The standard InChI is InChI=1S/C15H20O3.ClH/c1-5-18-15(17)14(11(4)16)13-8-6-12(7-9-13)10(2)3;/h6-10,14H,5H2,1-4H3;1H. The molecular weight excluding hydrogens is 264 g/mol. The van der Waals surface area contributed by atoms with Crippen LogP contribution >= 0.6 is 12.4 Å². The van der Waals surface area contributed by atoms with Crippen LogP contribution in [0.15, 0.2) is 24.3 Å². The predicted molar refractivity (Wildman–Crippen MR) is 77.8 cm³/mol. The third kappa shape index (κ3) is 4.67. The van der Waals surface area contributed by atoms with Crippen LogP contribution in [0.25, 0.3) is 0 Å². The van der Waals surface area contributed by atoms with Crippen molar-refractivity contribution in [2.45, 2.75) is 39.5 Å². The van der Waals surface area contributed by atoms with E-state index < -0.39 is 11.9 Å². The second kappa shape index (κ2) is 7.95. The molecule has 0 saturated carbocycles. The highest BCUT2D eigenvalue weighted by Gasteiger charge is 2.26. The lowest BCUT2D eigenvalue weighted by Gasteiger charge is -2.14. The van der Waals surface area contributed by atoms with Crippen molar-refractivity contribution in [2.75, 3.05) is 6.61 Å². The summed E-state index contributed by atoms with van der Waals surface area (Å²) in [5, 5.41) is 0. The topological polar surface area (TPSA) is 43.4 Å². The SMILES string of the molecule is CCOC(=O)C(C(C)=O)c1ccc(C(C)C)cc1.Cl. The average molecular weight is 285 g/mol. The quantitative estimate of drug-likeness (QED) is 0.614. The van der Waals surface area contributed by atoms with E-state index >= 15 is 0 Å². The monoisotopic (exact) mass is 284 g/mol. The van der Waals surface area contributed by atoms with Gasteiger partial charge in [-0.2, -0.15) is 0 Å². The molecule has 0 heterocycles. The number of ether oxygens (including phenoxy) is 1. The Kier molecular flexibility index (Phi) is 7.38. The van der Waals surface area contributed by atoms with Gasteiger partial charge in [0.05, 0.1) is 6.61 Å². The van der Waals surface area contributed by atoms with Gasteiger partial charge in [0.1, 0.15) is 11.7 Å². The molecule has 1 aromatic rings. The summed E-state index contributed by atoms with van der Waals surface area (Å²) in [7, 11) is 0. The van der Waals surface area contributed by atoms with E-state index in [0.29, 0.717) is 11.5 Å². The maximum atomic E-state index is 11.8. The van der Waals surface area contributed by atoms with E-state index in [2.05, 4.69) is 13.8 Å². The summed E-state index contributed by atoms with van der Waals surface area (Å²) >= 11 is 0. The molecule has 4 heteroatoms. The molecule has 3 nitrogen and oxygen atoms in total. The summed E-state index contributed by atoms with van der Waals surface area (Å²) < 4.78 is 4.94. The third-order valence-corrected chi connectivity index (χ3v) is 2.87. The number of hydrogen-bond acceptors (Lipinski definition) is 3. The molecule has 0 aliphatic heterocycles. The molecule has 19 heavy (non-hydrogen) atoms. The summed E-state index contributed by atoms with van der Waals surface area (Å²) in [4.78, 5) is 23.3. The van der Waals surface area contributed by atoms with Crippen molar-refractivity contribution < 1.29 is 14.3 Å². The number of esters is 1. The molecule has 0 spiro atoms. The Morgan fingerprint density at radius 1 is 1.11 bits per heavy atom. The van der Waals surface area contributed by atoms with E-state index in [1.807, 2.05) is 24.3 Å². The van der Waals surface area contributed by atoms with Crippen LogP contribution in [0.5, 0.6) is 0 Å². The third-order valence-electron chi connectivity index (χ3n) is 2.87. The molecule has 0 aliphatic rings. The Morgan fingerprint density at radius 2 is 1.58 bits per heavy atom. The zero-order valence-electron chi connectivity index (χ0n) is 11.8. The van der Waals surface area contributed by atoms with E-state index in [1.54, 1.807) is 6.92 Å². The molecule has 106 valence electrons. The summed E-state index contributed by atoms with van der Waals surface area (Å²) in [5.74, 6) is -1.03. The van der Waals surface area contributed by atoms with Gasteiger partial charge in [-0.05, 0) is 30.9 Å². The zero-order valence-corrected chi connectivity index (χ0v) is 12.6.